The van der Waals surface area contributed by atoms with Gasteiger partial charge >= 0.3 is 11.9 Å². The first kappa shape index (κ1) is 26.9. The molecule has 0 spiro atoms. The molecule has 41 heavy (non-hydrogen) atoms. The molecule has 3 N–H and O–H groups in total. The zero-order valence-corrected chi connectivity index (χ0v) is 22.4. The Hall–Kier alpha value is -5.71. The fourth-order valence-electron chi connectivity index (χ4n) is 4.53. The summed E-state index contributed by atoms with van der Waals surface area (Å²) in [6, 6.07) is 16.9. The van der Waals surface area contributed by atoms with Gasteiger partial charge in [-0.15, -0.1) is 0 Å². The summed E-state index contributed by atoms with van der Waals surface area (Å²) in [7, 11) is 3.82. The molecular formula is C30H25N5O6. The monoisotopic (exact) mass is 551 g/mol. The van der Waals surface area contributed by atoms with Crippen LogP contribution in [-0.2, 0) is 4.79 Å². The van der Waals surface area contributed by atoms with E-state index in [0.29, 0.717) is 17.1 Å². The Bertz CT molecular complexity index is 1830. The summed E-state index contributed by atoms with van der Waals surface area (Å²) in [5.41, 5.74) is 2.61. The van der Waals surface area contributed by atoms with Crippen LogP contribution in [0, 0.1) is 6.92 Å². The van der Waals surface area contributed by atoms with Gasteiger partial charge in [-0.1, -0.05) is 6.58 Å². The number of aryl methyl sites for hydroxylation is 1. The van der Waals surface area contributed by atoms with E-state index in [1.54, 1.807) is 6.07 Å². The van der Waals surface area contributed by atoms with Crippen LogP contribution in [0.4, 0.5) is 22.9 Å². The number of nitrogens with zero attached hydrogens (tertiary/aromatic N) is 4. The maximum Gasteiger partial charge on any atom is 0.335 e. The van der Waals surface area contributed by atoms with E-state index in [2.05, 4.69) is 16.7 Å². The molecule has 3 aromatic carbocycles. The summed E-state index contributed by atoms with van der Waals surface area (Å²) in [6.07, 6.45) is 0. The van der Waals surface area contributed by atoms with E-state index in [4.69, 9.17) is 0 Å². The lowest BCUT2D eigenvalue weighted by Gasteiger charge is -2.28. The van der Waals surface area contributed by atoms with Crippen molar-refractivity contribution in [2.45, 2.75) is 6.92 Å². The molecular weight excluding hydrogens is 526 g/mol. The van der Waals surface area contributed by atoms with E-state index in [0.717, 1.165) is 11.3 Å². The molecule has 11 nitrogen and oxygen atoms in total. The van der Waals surface area contributed by atoms with Gasteiger partial charge in [0.15, 0.2) is 0 Å². The molecule has 11 heteroatoms. The minimum atomic E-state index is -1.13. The van der Waals surface area contributed by atoms with E-state index < -0.39 is 23.4 Å². The number of carboxylic acid groups (broad SMARTS) is 2. The van der Waals surface area contributed by atoms with Gasteiger partial charge in [-0.25, -0.2) is 19.3 Å². The number of benzene rings is 3. The van der Waals surface area contributed by atoms with E-state index >= 15 is 0 Å². The highest BCUT2D eigenvalue weighted by molar-refractivity contribution is 6.61. The fraction of sp³-hybridized carbons (Fsp3) is 0.100. The number of carbonyl (C=O) groups is 3. The van der Waals surface area contributed by atoms with Crippen LogP contribution in [0.25, 0.3) is 11.3 Å². The highest BCUT2D eigenvalue weighted by Gasteiger charge is 2.38. The van der Waals surface area contributed by atoms with Gasteiger partial charge in [-0.05, 0) is 79.2 Å². The number of carbonyl (C=O) groups excluding carboxylic acids is 1. The van der Waals surface area contributed by atoms with Gasteiger partial charge in [0.1, 0.15) is 11.5 Å². The number of aromatic carboxylic acids is 2. The maximum atomic E-state index is 14.0. The lowest BCUT2D eigenvalue weighted by molar-refractivity contribution is -0.111. The van der Waals surface area contributed by atoms with Gasteiger partial charge in [-0.2, -0.15) is 0 Å². The molecule has 4 aromatic rings. The summed E-state index contributed by atoms with van der Waals surface area (Å²) in [5.74, 6) is -2.69. The molecule has 0 aliphatic carbocycles. The lowest BCUT2D eigenvalue weighted by atomic mass is 9.98. The number of nitrogens with one attached hydrogen (secondary N) is 1. The number of anilines is 3. The van der Waals surface area contributed by atoms with Crippen molar-refractivity contribution in [2.75, 3.05) is 23.9 Å². The fourth-order valence-corrected chi connectivity index (χ4v) is 4.53. The molecule has 2 heterocycles. The number of hydrogen-bond acceptors (Lipinski definition) is 6. The van der Waals surface area contributed by atoms with Crippen molar-refractivity contribution in [1.29, 1.82) is 0 Å². The number of aromatic amines is 1. The van der Waals surface area contributed by atoms with Crippen LogP contribution in [0.15, 0.2) is 83.1 Å². The van der Waals surface area contributed by atoms with Gasteiger partial charge in [0, 0.05) is 25.4 Å². The Morgan fingerprint density at radius 3 is 1.95 bits per heavy atom. The summed E-state index contributed by atoms with van der Waals surface area (Å²) >= 11 is 0. The summed E-state index contributed by atoms with van der Waals surface area (Å²) in [4.78, 5) is 58.3. The molecule has 0 atom stereocenters. The van der Waals surface area contributed by atoms with Crippen molar-refractivity contribution in [1.82, 2.24) is 9.78 Å². The quantitative estimate of drug-likeness (QED) is 0.322. The number of fused-ring (bicyclic) bond motifs is 1. The number of aliphatic imine (C=N–C) groups is 1. The third-order valence-corrected chi connectivity index (χ3v) is 6.76. The maximum absolute atomic E-state index is 14.0. The largest absolute Gasteiger partial charge is 0.478 e. The molecule has 0 unspecified atom stereocenters. The number of aromatic nitrogens is 2. The zero-order valence-electron chi connectivity index (χ0n) is 22.4. The summed E-state index contributed by atoms with van der Waals surface area (Å²) in [6.45, 7) is 5.92. The van der Waals surface area contributed by atoms with Crippen LogP contribution in [-0.4, -0.2) is 57.6 Å². The Labute approximate surface area is 233 Å². The van der Waals surface area contributed by atoms with Gasteiger partial charge in [0.2, 0.25) is 0 Å². The molecule has 206 valence electrons. The second kappa shape index (κ2) is 10.1. The zero-order chi connectivity index (χ0) is 29.6. The Balaban J connectivity index is 1.70. The first-order valence-electron chi connectivity index (χ1n) is 12.4. The van der Waals surface area contributed by atoms with E-state index in [9.17, 15) is 29.4 Å². The predicted molar refractivity (Wildman–Crippen MR) is 156 cm³/mol. The van der Waals surface area contributed by atoms with E-state index in [1.807, 2.05) is 38.1 Å². The van der Waals surface area contributed by atoms with Crippen LogP contribution in [0.3, 0.4) is 0 Å². The SMILES string of the molecule is C=C1C(=Nc2ccc(N(C)C)cc2C)C(=O)N(c2ccc(C(=O)O)cc2)c2[nH]n(-c3ccc(C(=O)O)cc3)c(=O)c21. The van der Waals surface area contributed by atoms with Crippen LogP contribution in [0.2, 0.25) is 0 Å². The second-order valence-electron chi connectivity index (χ2n) is 9.62. The van der Waals surface area contributed by atoms with Crippen molar-refractivity contribution in [2.24, 2.45) is 4.99 Å². The molecule has 1 amide bonds. The topological polar surface area (TPSA) is 148 Å². The van der Waals surface area contributed by atoms with Gasteiger partial charge in [0.25, 0.3) is 11.5 Å². The molecule has 5 rings (SSSR count). The summed E-state index contributed by atoms with van der Waals surface area (Å²) < 4.78 is 1.19. The number of hydrogen-bond donors (Lipinski definition) is 3. The van der Waals surface area contributed by atoms with E-state index in [1.165, 1.54) is 58.1 Å². The minimum Gasteiger partial charge on any atom is -0.478 e. The van der Waals surface area contributed by atoms with Crippen molar-refractivity contribution < 1.29 is 24.6 Å². The number of H-pyrrole nitrogens is 1. The molecule has 0 saturated heterocycles. The normalized spacial score (nSPS) is 13.8. The average molecular weight is 552 g/mol. The smallest absolute Gasteiger partial charge is 0.335 e. The minimum absolute atomic E-state index is 0.0259. The standard InChI is InChI=1S/C30H25N5O6/c1-16-15-22(33(3)4)13-14-23(16)31-25-17(2)24-26(34(28(25)37)20-9-5-18(6-10-20)29(38)39)32-35(27(24)36)21-11-7-19(8-12-21)30(40)41/h5-15,32H,2H2,1,3-4H3,(H,38,39)(H,40,41). The van der Waals surface area contributed by atoms with Crippen molar-refractivity contribution in [3.8, 4) is 5.69 Å². The molecule has 0 bridgehead atoms. The third-order valence-electron chi connectivity index (χ3n) is 6.76. The van der Waals surface area contributed by atoms with Crippen LogP contribution < -0.4 is 15.4 Å². The van der Waals surface area contributed by atoms with Crippen molar-refractivity contribution in [3.63, 3.8) is 0 Å². The number of carboxylic acids is 2. The molecule has 1 aliphatic heterocycles. The molecule has 1 aliphatic rings. The predicted octanol–water partition coefficient (Wildman–Crippen LogP) is 4.40. The van der Waals surface area contributed by atoms with Crippen molar-refractivity contribution >= 4 is 52.0 Å². The molecule has 1 aromatic heterocycles. The summed E-state index contributed by atoms with van der Waals surface area (Å²) in [5, 5.41) is 21.5. The Morgan fingerprint density at radius 1 is 0.878 bits per heavy atom. The first-order valence-corrected chi connectivity index (χ1v) is 12.4. The molecule has 0 radical (unpaired) electrons. The average Bonchev–Trinajstić information content (AvgIpc) is 3.28. The van der Waals surface area contributed by atoms with E-state index in [-0.39, 0.29) is 33.8 Å². The van der Waals surface area contributed by atoms with Gasteiger partial charge < -0.3 is 15.1 Å². The molecule has 0 fully saturated rings. The highest BCUT2D eigenvalue weighted by atomic mass is 16.4. The van der Waals surface area contributed by atoms with Crippen LogP contribution in [0.5, 0.6) is 0 Å². The number of amides is 1. The van der Waals surface area contributed by atoms with Crippen LogP contribution >= 0.6 is 0 Å². The van der Waals surface area contributed by atoms with Gasteiger partial charge in [-0.3, -0.25) is 19.6 Å². The third kappa shape index (κ3) is 4.69. The second-order valence-corrected chi connectivity index (χ2v) is 9.62. The first-order chi connectivity index (χ1) is 19.5. The Morgan fingerprint density at radius 2 is 1.44 bits per heavy atom. The number of rotatable bonds is 6. The Kier molecular flexibility index (Phi) is 6.63. The lowest BCUT2D eigenvalue weighted by Crippen LogP contribution is -2.38. The van der Waals surface area contributed by atoms with Crippen LogP contribution in [0.1, 0.15) is 31.8 Å². The molecule has 0 saturated carbocycles. The van der Waals surface area contributed by atoms with Crippen molar-refractivity contribution in [3.05, 3.63) is 106 Å². The van der Waals surface area contributed by atoms with Gasteiger partial charge in [0.05, 0.1) is 33.8 Å². The highest BCUT2D eigenvalue weighted by Crippen LogP contribution is 2.37.